The second-order valence-electron chi connectivity index (χ2n) is 4.98. The Morgan fingerprint density at radius 3 is 2.08 bits per heavy atom. The maximum absolute atomic E-state index is 10.6. The molecule has 1 rings (SSSR count). The molecule has 0 bridgehead atoms. The van der Waals surface area contributed by atoms with Crippen LogP contribution in [0.5, 0.6) is 0 Å². The van der Waals surface area contributed by atoms with Gasteiger partial charge in [-0.1, -0.05) is 20.8 Å². The molecule has 0 amide bonds. The third-order valence-electron chi connectivity index (χ3n) is 3.06. The Morgan fingerprint density at radius 2 is 1.77 bits per heavy atom. The molecule has 1 aliphatic rings. The maximum atomic E-state index is 10.6. The average Bonchev–Trinajstić information content (AvgIpc) is 2.03. The molecule has 13 heavy (non-hydrogen) atoms. The molecule has 0 aromatic rings. The van der Waals surface area contributed by atoms with Crippen molar-refractivity contribution in [2.45, 2.75) is 46.5 Å². The molecule has 76 valence electrons. The average molecular weight is 185 g/mol. The van der Waals surface area contributed by atoms with Crippen LogP contribution in [0.4, 0.5) is 0 Å². The van der Waals surface area contributed by atoms with Crippen LogP contribution in [0, 0.1) is 16.5 Å². The number of nitrogens with zero attached hydrogens (tertiary/aromatic N) is 1. The molecule has 1 saturated carbocycles. The maximum Gasteiger partial charge on any atom is 0.221 e. The third-order valence-corrected chi connectivity index (χ3v) is 3.06. The summed E-state index contributed by atoms with van der Waals surface area (Å²) in [5.74, 6) is 0.677. The van der Waals surface area contributed by atoms with Crippen molar-refractivity contribution in [1.82, 2.24) is 0 Å². The molecule has 0 aliphatic heterocycles. The Morgan fingerprint density at radius 1 is 1.31 bits per heavy atom. The van der Waals surface area contributed by atoms with Gasteiger partial charge in [0, 0.05) is 17.7 Å². The highest BCUT2D eigenvalue weighted by atomic mass is 16.8. The van der Waals surface area contributed by atoms with Crippen LogP contribution in [-0.4, -0.2) is 15.8 Å². The van der Waals surface area contributed by atoms with Crippen molar-refractivity contribution >= 4 is 5.71 Å². The van der Waals surface area contributed by atoms with E-state index in [0.717, 1.165) is 25.7 Å². The minimum atomic E-state index is 0.0544. The minimum Gasteiger partial charge on any atom is -0.418 e. The van der Waals surface area contributed by atoms with Gasteiger partial charge in [-0.2, -0.15) is 0 Å². The summed E-state index contributed by atoms with van der Waals surface area (Å²) in [6.07, 6.45) is 3.56. The van der Waals surface area contributed by atoms with Crippen molar-refractivity contribution in [2.75, 3.05) is 0 Å². The van der Waals surface area contributed by atoms with Gasteiger partial charge in [0.25, 0.3) is 0 Å². The van der Waals surface area contributed by atoms with Gasteiger partial charge in [-0.3, -0.25) is 5.21 Å². The Bertz CT molecular complexity index is 201. The van der Waals surface area contributed by atoms with E-state index < -0.39 is 0 Å². The molecule has 0 heterocycles. The fourth-order valence-electron chi connectivity index (χ4n) is 2.01. The fourth-order valence-corrected chi connectivity index (χ4v) is 2.01. The highest BCUT2D eigenvalue weighted by Crippen LogP contribution is 2.36. The third kappa shape index (κ3) is 2.61. The van der Waals surface area contributed by atoms with Gasteiger partial charge in [0.2, 0.25) is 5.71 Å². The number of hydrogen-bond acceptors (Lipinski definition) is 2. The molecule has 0 atom stereocenters. The predicted molar refractivity (Wildman–Crippen MR) is 51.8 cm³/mol. The van der Waals surface area contributed by atoms with E-state index in [9.17, 15) is 5.21 Å². The fraction of sp³-hybridized carbons (Fsp3) is 0.900. The quantitative estimate of drug-likeness (QED) is 0.358. The summed E-state index contributed by atoms with van der Waals surface area (Å²) in [4.78, 5) is 0.0544. The van der Waals surface area contributed by atoms with E-state index in [1.807, 2.05) is 0 Å². The molecule has 0 aromatic heterocycles. The van der Waals surface area contributed by atoms with Crippen molar-refractivity contribution in [3.05, 3.63) is 5.21 Å². The van der Waals surface area contributed by atoms with Crippen LogP contribution in [-0.2, 0) is 0 Å². The highest BCUT2D eigenvalue weighted by Gasteiger charge is 2.30. The van der Waals surface area contributed by atoms with Crippen molar-refractivity contribution in [3.63, 3.8) is 0 Å². The van der Waals surface area contributed by atoms with Crippen LogP contribution in [0.15, 0.2) is 0 Å². The molecule has 0 spiro atoms. The molecular weight excluding hydrogens is 166 g/mol. The standard InChI is InChI=1S/C10H19NO2/c1-10(2,3)8-4-6-9(7-5-8)11(12)13/h8H,4-7H2,1-3H3,(H,12,13). The predicted octanol–water partition coefficient (Wildman–Crippen LogP) is 2.56. The summed E-state index contributed by atoms with van der Waals surface area (Å²) in [6, 6.07) is 0. The first-order valence-corrected chi connectivity index (χ1v) is 4.92. The second kappa shape index (κ2) is 3.56. The summed E-state index contributed by atoms with van der Waals surface area (Å²) in [6.45, 7) is 6.70. The monoisotopic (exact) mass is 185 g/mol. The molecule has 0 radical (unpaired) electrons. The summed E-state index contributed by atoms with van der Waals surface area (Å²) in [5, 5.41) is 19.3. The number of rotatable bonds is 0. The lowest BCUT2D eigenvalue weighted by atomic mass is 9.72. The zero-order valence-electron chi connectivity index (χ0n) is 8.71. The van der Waals surface area contributed by atoms with Crippen LogP contribution in [0.1, 0.15) is 46.5 Å². The van der Waals surface area contributed by atoms with E-state index in [2.05, 4.69) is 20.8 Å². The highest BCUT2D eigenvalue weighted by molar-refractivity contribution is 5.80. The second-order valence-corrected chi connectivity index (χ2v) is 4.98. The van der Waals surface area contributed by atoms with E-state index in [1.165, 1.54) is 0 Å². The first-order valence-electron chi connectivity index (χ1n) is 4.92. The van der Waals surface area contributed by atoms with E-state index in [0.29, 0.717) is 17.0 Å². The van der Waals surface area contributed by atoms with Gasteiger partial charge in [0.05, 0.1) is 0 Å². The van der Waals surface area contributed by atoms with Crippen LogP contribution >= 0.6 is 0 Å². The lowest BCUT2D eigenvalue weighted by Gasteiger charge is -2.32. The van der Waals surface area contributed by atoms with Gasteiger partial charge in [-0.25, -0.2) is 0 Å². The van der Waals surface area contributed by atoms with E-state index in [-0.39, 0.29) is 4.90 Å². The number of hydrogen-bond donors (Lipinski definition) is 1. The molecule has 1 aliphatic carbocycles. The van der Waals surface area contributed by atoms with Gasteiger partial charge >= 0.3 is 0 Å². The zero-order chi connectivity index (χ0) is 10.1. The molecule has 0 saturated heterocycles. The van der Waals surface area contributed by atoms with E-state index in [4.69, 9.17) is 5.21 Å². The van der Waals surface area contributed by atoms with Gasteiger partial charge in [0.1, 0.15) is 0 Å². The van der Waals surface area contributed by atoms with Crippen molar-refractivity contribution < 1.29 is 10.1 Å². The lowest BCUT2D eigenvalue weighted by molar-refractivity contribution is -0.727. The Hall–Kier alpha value is -0.730. The van der Waals surface area contributed by atoms with E-state index in [1.54, 1.807) is 0 Å². The zero-order valence-corrected chi connectivity index (χ0v) is 8.71. The SMILES string of the molecule is CC(C)(C)C1CCC(=[N+]([O-])O)CC1. The van der Waals surface area contributed by atoms with Gasteiger partial charge in [-0.15, -0.1) is 0 Å². The summed E-state index contributed by atoms with van der Waals surface area (Å²) in [5.41, 5.74) is 0.967. The lowest BCUT2D eigenvalue weighted by Crippen LogP contribution is -2.28. The van der Waals surface area contributed by atoms with Crippen LogP contribution in [0.25, 0.3) is 0 Å². The summed E-state index contributed by atoms with van der Waals surface area (Å²) >= 11 is 0. The Labute approximate surface area is 79.6 Å². The van der Waals surface area contributed by atoms with Crippen LogP contribution in [0.2, 0.25) is 0 Å². The van der Waals surface area contributed by atoms with Crippen molar-refractivity contribution in [1.29, 1.82) is 0 Å². The van der Waals surface area contributed by atoms with Crippen LogP contribution in [0.3, 0.4) is 0 Å². The molecule has 1 N–H and O–H groups in total. The van der Waals surface area contributed by atoms with E-state index >= 15 is 0 Å². The minimum absolute atomic E-state index is 0.0544. The molecule has 0 unspecified atom stereocenters. The van der Waals surface area contributed by atoms with Crippen molar-refractivity contribution in [3.8, 4) is 0 Å². The van der Waals surface area contributed by atoms with Crippen molar-refractivity contribution in [2.24, 2.45) is 11.3 Å². The molecular formula is C10H19NO2. The van der Waals surface area contributed by atoms with Gasteiger partial charge in [0.15, 0.2) is 0 Å². The first-order chi connectivity index (χ1) is 5.91. The molecule has 1 fully saturated rings. The topological polar surface area (TPSA) is 46.3 Å². The summed E-state index contributed by atoms with van der Waals surface area (Å²) in [7, 11) is 0. The Balaban J connectivity index is 2.54. The first kappa shape index (κ1) is 10.4. The summed E-state index contributed by atoms with van der Waals surface area (Å²) < 4.78 is 0. The largest absolute Gasteiger partial charge is 0.418 e. The van der Waals surface area contributed by atoms with Gasteiger partial charge < -0.3 is 5.21 Å². The smallest absolute Gasteiger partial charge is 0.221 e. The Kier molecular flexibility index (Phi) is 2.84. The van der Waals surface area contributed by atoms with Gasteiger partial charge in [-0.05, 0) is 24.2 Å². The molecule has 3 nitrogen and oxygen atoms in total. The molecule has 3 heteroatoms. The molecule has 0 aromatic carbocycles. The normalized spacial score (nSPS) is 24.5. The van der Waals surface area contributed by atoms with Crippen LogP contribution < -0.4 is 0 Å².